The molecule has 176 valence electrons. The van der Waals surface area contributed by atoms with Crippen LogP contribution >= 0.6 is 0 Å². The first kappa shape index (κ1) is 23.3. The third-order valence-corrected chi connectivity index (χ3v) is 8.67. The summed E-state index contributed by atoms with van der Waals surface area (Å²) < 4.78 is 79.6. The first-order chi connectivity index (χ1) is 15.6. The number of carbonyl (C=O) groups excluding carboxylic acids is 1. The van der Waals surface area contributed by atoms with Crippen molar-refractivity contribution in [2.24, 2.45) is 4.99 Å². The van der Waals surface area contributed by atoms with E-state index in [0.717, 1.165) is 16.4 Å². The summed E-state index contributed by atoms with van der Waals surface area (Å²) in [6.45, 7) is 0.337. The minimum Gasteiger partial charge on any atom is -0.340 e. The average Bonchev–Trinajstić information content (AvgIpc) is 3.06. The summed E-state index contributed by atoms with van der Waals surface area (Å²) >= 11 is 0. The summed E-state index contributed by atoms with van der Waals surface area (Å²) in [5.41, 5.74) is 0.445. The van der Waals surface area contributed by atoms with Gasteiger partial charge in [0, 0.05) is 38.2 Å². The van der Waals surface area contributed by atoms with E-state index in [9.17, 15) is 30.4 Å². The Morgan fingerprint density at radius 3 is 2.42 bits per heavy atom. The Labute approximate surface area is 189 Å². The lowest BCUT2D eigenvalue weighted by molar-refractivity contribution is -0.132. The van der Waals surface area contributed by atoms with Crippen molar-refractivity contribution in [2.45, 2.75) is 16.2 Å². The molecule has 2 aliphatic heterocycles. The summed E-state index contributed by atoms with van der Waals surface area (Å²) in [5.74, 6) is -2.46. The van der Waals surface area contributed by atoms with Crippen molar-refractivity contribution in [2.75, 3.05) is 32.7 Å². The third-order valence-electron chi connectivity index (χ3n) is 5.38. The van der Waals surface area contributed by atoms with Crippen LogP contribution in [0, 0.1) is 11.6 Å². The molecule has 33 heavy (non-hydrogen) atoms. The van der Waals surface area contributed by atoms with Gasteiger partial charge in [0.15, 0.2) is 11.6 Å². The number of hydrogen-bond acceptors (Lipinski definition) is 6. The van der Waals surface area contributed by atoms with Crippen LogP contribution < -0.4 is 4.72 Å². The second kappa shape index (κ2) is 8.80. The molecule has 1 fully saturated rings. The Morgan fingerprint density at radius 2 is 1.73 bits per heavy atom. The van der Waals surface area contributed by atoms with E-state index in [-0.39, 0.29) is 60.7 Å². The van der Waals surface area contributed by atoms with Crippen LogP contribution in [0.4, 0.5) is 8.78 Å². The Hall–Kier alpha value is -2.90. The number of halogens is 2. The lowest BCUT2D eigenvalue weighted by atomic mass is 10.2. The van der Waals surface area contributed by atoms with Crippen LogP contribution in [0.25, 0.3) is 0 Å². The molecule has 0 aromatic heterocycles. The quantitative estimate of drug-likeness (QED) is 0.658. The lowest BCUT2D eigenvalue weighted by Gasteiger charge is -2.34. The van der Waals surface area contributed by atoms with Crippen molar-refractivity contribution in [3.8, 4) is 0 Å². The van der Waals surface area contributed by atoms with Crippen molar-refractivity contribution < 1.29 is 30.4 Å². The normalized spacial score (nSPS) is 19.3. The zero-order valence-electron chi connectivity index (χ0n) is 17.2. The second-order valence-electron chi connectivity index (χ2n) is 7.44. The molecular formula is C20H20F2N4O5S2. The fourth-order valence-electron chi connectivity index (χ4n) is 3.64. The van der Waals surface area contributed by atoms with E-state index in [1.165, 1.54) is 11.0 Å². The number of sulfonamides is 2. The predicted molar refractivity (Wildman–Crippen MR) is 114 cm³/mol. The molecule has 13 heteroatoms. The Balaban J connectivity index is 1.34. The first-order valence-corrected chi connectivity index (χ1v) is 12.9. The van der Waals surface area contributed by atoms with Gasteiger partial charge in [-0.1, -0.05) is 12.1 Å². The van der Waals surface area contributed by atoms with Gasteiger partial charge in [0.1, 0.15) is 5.84 Å². The fraction of sp³-hybridized carbons (Fsp3) is 0.300. The maximum atomic E-state index is 13.4. The Morgan fingerprint density at radius 1 is 1.03 bits per heavy atom. The van der Waals surface area contributed by atoms with Crippen LogP contribution in [0.15, 0.2) is 57.2 Å². The standard InChI is InChI=1S/C20H20F2N4O5S2/c21-16-6-5-14(13-17(16)22)33(30,31)26-11-9-25(10-12-26)19(27)7-8-23-20-15-3-1-2-4-18(15)32(28,29)24-20/h1-6,13H,7-12H2,(H,23,24). The van der Waals surface area contributed by atoms with E-state index in [2.05, 4.69) is 9.71 Å². The molecule has 0 bridgehead atoms. The molecule has 0 unspecified atom stereocenters. The number of aliphatic imine (C=N–C) groups is 1. The minimum atomic E-state index is -4.02. The van der Waals surface area contributed by atoms with Crippen molar-refractivity contribution in [1.82, 2.24) is 13.9 Å². The first-order valence-electron chi connectivity index (χ1n) is 9.99. The Kier molecular flexibility index (Phi) is 6.20. The topological polar surface area (TPSA) is 116 Å². The highest BCUT2D eigenvalue weighted by Gasteiger charge is 2.32. The molecule has 2 aromatic rings. The monoisotopic (exact) mass is 498 g/mol. The summed E-state index contributed by atoms with van der Waals surface area (Å²) in [6.07, 6.45) is 0.0172. The molecule has 1 saturated heterocycles. The number of amides is 1. The van der Waals surface area contributed by atoms with E-state index in [1.54, 1.807) is 18.2 Å². The number of amidine groups is 1. The molecule has 1 N–H and O–H groups in total. The van der Waals surface area contributed by atoms with Crippen molar-refractivity contribution in [3.63, 3.8) is 0 Å². The van der Waals surface area contributed by atoms with Gasteiger partial charge < -0.3 is 4.90 Å². The van der Waals surface area contributed by atoms with Crippen molar-refractivity contribution in [3.05, 3.63) is 59.7 Å². The van der Waals surface area contributed by atoms with Gasteiger partial charge in [-0.3, -0.25) is 14.5 Å². The highest BCUT2D eigenvalue weighted by Crippen LogP contribution is 2.23. The highest BCUT2D eigenvalue weighted by atomic mass is 32.2. The van der Waals surface area contributed by atoms with Crippen LogP contribution in [0.2, 0.25) is 0 Å². The van der Waals surface area contributed by atoms with Gasteiger partial charge in [-0.25, -0.2) is 25.6 Å². The summed E-state index contributed by atoms with van der Waals surface area (Å²) in [6, 6.07) is 8.79. The largest absolute Gasteiger partial charge is 0.340 e. The molecule has 0 atom stereocenters. The van der Waals surface area contributed by atoms with Gasteiger partial charge in [-0.2, -0.15) is 4.31 Å². The van der Waals surface area contributed by atoms with Gasteiger partial charge in [0.2, 0.25) is 15.9 Å². The zero-order chi connectivity index (χ0) is 23.8. The van der Waals surface area contributed by atoms with Crippen LogP contribution in [0.1, 0.15) is 12.0 Å². The van der Waals surface area contributed by atoms with E-state index < -0.39 is 31.7 Å². The number of piperazine rings is 1. The number of fused-ring (bicyclic) bond motifs is 1. The van der Waals surface area contributed by atoms with E-state index in [0.29, 0.717) is 11.6 Å². The molecule has 2 aromatic carbocycles. The smallest absolute Gasteiger partial charge is 0.263 e. The van der Waals surface area contributed by atoms with E-state index in [1.807, 2.05) is 0 Å². The van der Waals surface area contributed by atoms with Crippen LogP contribution in [0.3, 0.4) is 0 Å². The number of carbonyl (C=O) groups is 1. The molecule has 2 heterocycles. The summed E-state index contributed by atoms with van der Waals surface area (Å²) in [4.78, 5) is 18.0. The zero-order valence-corrected chi connectivity index (χ0v) is 18.9. The third kappa shape index (κ3) is 4.61. The molecular weight excluding hydrogens is 478 g/mol. The lowest BCUT2D eigenvalue weighted by Crippen LogP contribution is -2.50. The molecule has 9 nitrogen and oxygen atoms in total. The maximum Gasteiger partial charge on any atom is 0.263 e. The van der Waals surface area contributed by atoms with Crippen LogP contribution in [0.5, 0.6) is 0 Å². The number of rotatable bonds is 5. The Bertz CT molecular complexity index is 1340. The number of benzene rings is 2. The van der Waals surface area contributed by atoms with Crippen molar-refractivity contribution >= 4 is 31.8 Å². The summed E-state index contributed by atoms with van der Waals surface area (Å²) in [7, 11) is -7.67. The predicted octanol–water partition coefficient (Wildman–Crippen LogP) is 0.926. The highest BCUT2D eigenvalue weighted by molar-refractivity contribution is 7.90. The molecule has 4 rings (SSSR count). The van der Waals surface area contributed by atoms with Crippen molar-refractivity contribution in [1.29, 1.82) is 0 Å². The number of nitrogens with zero attached hydrogens (tertiary/aromatic N) is 3. The van der Waals surface area contributed by atoms with Gasteiger partial charge in [-0.05, 0) is 30.3 Å². The van der Waals surface area contributed by atoms with Gasteiger partial charge in [0.25, 0.3) is 10.0 Å². The summed E-state index contributed by atoms with van der Waals surface area (Å²) in [5, 5.41) is 0. The van der Waals surface area contributed by atoms with Gasteiger partial charge >= 0.3 is 0 Å². The molecule has 2 aliphatic rings. The number of hydrogen-bond donors (Lipinski definition) is 1. The minimum absolute atomic E-state index is 0.00869. The maximum absolute atomic E-state index is 13.4. The van der Waals surface area contributed by atoms with Crippen LogP contribution in [-0.4, -0.2) is 70.5 Å². The molecule has 0 spiro atoms. The number of nitrogens with one attached hydrogen (secondary N) is 1. The molecule has 0 radical (unpaired) electrons. The average molecular weight is 499 g/mol. The fourth-order valence-corrected chi connectivity index (χ4v) is 6.32. The molecule has 0 saturated carbocycles. The van der Waals surface area contributed by atoms with E-state index in [4.69, 9.17) is 0 Å². The SMILES string of the molecule is O=C(CCN=C1NS(=O)(=O)c2ccccc21)N1CCN(S(=O)(=O)c2ccc(F)c(F)c2)CC1. The van der Waals surface area contributed by atoms with Crippen LogP contribution in [-0.2, 0) is 24.8 Å². The van der Waals surface area contributed by atoms with Gasteiger partial charge in [-0.15, -0.1) is 0 Å². The van der Waals surface area contributed by atoms with E-state index >= 15 is 0 Å². The second-order valence-corrected chi connectivity index (χ2v) is 11.0. The molecule has 1 amide bonds. The van der Waals surface area contributed by atoms with Gasteiger partial charge in [0.05, 0.1) is 16.3 Å². The molecule has 0 aliphatic carbocycles.